The fraction of sp³-hybridized carbons (Fsp3) is 0.667. The molecule has 7 heteroatoms. The normalized spacial score (nSPS) is 32.7. The second-order valence-corrected chi connectivity index (χ2v) is 7.30. The average Bonchev–Trinajstić information content (AvgIpc) is 2.89. The number of hydrogen-bond acceptors (Lipinski definition) is 6. The van der Waals surface area contributed by atoms with E-state index in [0.717, 1.165) is 5.56 Å². The molecule has 1 saturated heterocycles. The molecule has 1 aromatic heterocycles. The van der Waals surface area contributed by atoms with E-state index in [1.807, 2.05) is 6.07 Å². The summed E-state index contributed by atoms with van der Waals surface area (Å²) >= 11 is 0. The third kappa shape index (κ3) is 4.11. The Kier molecular flexibility index (Phi) is 5.56. The predicted molar refractivity (Wildman–Crippen MR) is 93.7 cm³/mol. The van der Waals surface area contributed by atoms with E-state index in [-0.39, 0.29) is 42.0 Å². The third-order valence-corrected chi connectivity index (χ3v) is 5.51. The minimum atomic E-state index is -0.265. The Morgan fingerprint density at radius 3 is 2.56 bits per heavy atom. The maximum absolute atomic E-state index is 12.6. The number of nitrogens with zero attached hydrogens (tertiary/aromatic N) is 1. The van der Waals surface area contributed by atoms with E-state index in [4.69, 9.17) is 4.74 Å². The van der Waals surface area contributed by atoms with Gasteiger partial charge in [-0.05, 0) is 38.2 Å². The summed E-state index contributed by atoms with van der Waals surface area (Å²) in [6, 6.07) is 4.13. The maximum Gasteiger partial charge on any atom is 0.220 e. The van der Waals surface area contributed by atoms with Crippen molar-refractivity contribution in [3.8, 4) is 5.88 Å². The minimum Gasteiger partial charge on any atom is -0.481 e. The number of amides is 1. The van der Waals surface area contributed by atoms with Gasteiger partial charge in [0.05, 0.1) is 19.3 Å². The SMILES string of the molecule is COc1ccc(C(NC(=O)CC2C(C)NNC2C)C2CC(O)C2)cn1. The molecule has 1 aliphatic carbocycles. The Balaban J connectivity index is 1.67. The molecular formula is C18H28N4O3. The van der Waals surface area contributed by atoms with Crippen molar-refractivity contribution in [2.45, 2.75) is 57.3 Å². The van der Waals surface area contributed by atoms with Gasteiger partial charge in [0.25, 0.3) is 0 Å². The number of carbonyl (C=O) groups excluding carboxylic acids is 1. The van der Waals surface area contributed by atoms with E-state index < -0.39 is 0 Å². The monoisotopic (exact) mass is 348 g/mol. The van der Waals surface area contributed by atoms with Crippen molar-refractivity contribution >= 4 is 5.91 Å². The van der Waals surface area contributed by atoms with Gasteiger partial charge < -0.3 is 15.2 Å². The van der Waals surface area contributed by atoms with Gasteiger partial charge in [-0.2, -0.15) is 0 Å². The molecule has 3 atom stereocenters. The van der Waals surface area contributed by atoms with Crippen LogP contribution in [0.1, 0.15) is 44.7 Å². The van der Waals surface area contributed by atoms with Gasteiger partial charge in [-0.3, -0.25) is 15.6 Å². The summed E-state index contributed by atoms with van der Waals surface area (Å²) in [6.45, 7) is 4.17. The van der Waals surface area contributed by atoms with E-state index in [1.165, 1.54) is 0 Å². The number of ether oxygens (including phenoxy) is 1. The highest BCUT2D eigenvalue weighted by Gasteiger charge is 2.37. The number of methoxy groups -OCH3 is 1. The van der Waals surface area contributed by atoms with Crippen LogP contribution in [0, 0.1) is 11.8 Å². The summed E-state index contributed by atoms with van der Waals surface area (Å²) in [5.74, 6) is 1.08. The number of hydrogen-bond donors (Lipinski definition) is 4. The van der Waals surface area contributed by atoms with Crippen LogP contribution in [0.25, 0.3) is 0 Å². The second-order valence-electron chi connectivity index (χ2n) is 7.30. The number of nitrogens with one attached hydrogen (secondary N) is 3. The first-order valence-electron chi connectivity index (χ1n) is 8.96. The quantitative estimate of drug-likeness (QED) is 0.610. The van der Waals surface area contributed by atoms with Crippen molar-refractivity contribution in [3.63, 3.8) is 0 Å². The van der Waals surface area contributed by atoms with Crippen molar-refractivity contribution in [1.29, 1.82) is 0 Å². The first-order valence-corrected chi connectivity index (χ1v) is 8.96. The third-order valence-electron chi connectivity index (χ3n) is 5.51. The minimum absolute atomic E-state index is 0.0383. The van der Waals surface area contributed by atoms with Crippen LogP contribution in [0.4, 0.5) is 0 Å². The van der Waals surface area contributed by atoms with E-state index in [2.05, 4.69) is 35.0 Å². The Morgan fingerprint density at radius 2 is 2.04 bits per heavy atom. The number of aliphatic hydroxyl groups is 1. The Bertz CT molecular complexity index is 578. The first kappa shape index (κ1) is 18.1. The molecular weight excluding hydrogens is 320 g/mol. The molecule has 3 rings (SSSR count). The summed E-state index contributed by atoms with van der Waals surface area (Å²) in [5, 5.41) is 12.8. The summed E-state index contributed by atoms with van der Waals surface area (Å²) < 4.78 is 5.11. The largest absolute Gasteiger partial charge is 0.481 e. The van der Waals surface area contributed by atoms with Crippen LogP contribution in [0.5, 0.6) is 5.88 Å². The smallest absolute Gasteiger partial charge is 0.220 e. The van der Waals surface area contributed by atoms with Gasteiger partial charge in [0.2, 0.25) is 11.8 Å². The van der Waals surface area contributed by atoms with Gasteiger partial charge in [0, 0.05) is 36.7 Å². The van der Waals surface area contributed by atoms with Crippen LogP contribution in [0.15, 0.2) is 18.3 Å². The number of aliphatic hydroxyl groups excluding tert-OH is 1. The molecule has 1 saturated carbocycles. The number of aromatic nitrogens is 1. The van der Waals surface area contributed by atoms with Crippen LogP contribution in [-0.4, -0.2) is 41.3 Å². The van der Waals surface area contributed by atoms with Crippen molar-refractivity contribution in [2.75, 3.05) is 7.11 Å². The highest BCUT2D eigenvalue weighted by molar-refractivity contribution is 5.77. The van der Waals surface area contributed by atoms with Gasteiger partial charge >= 0.3 is 0 Å². The topological polar surface area (TPSA) is 95.5 Å². The summed E-state index contributed by atoms with van der Waals surface area (Å²) in [4.78, 5) is 16.9. The molecule has 25 heavy (non-hydrogen) atoms. The highest BCUT2D eigenvalue weighted by Crippen LogP contribution is 2.38. The average molecular weight is 348 g/mol. The van der Waals surface area contributed by atoms with Crippen LogP contribution < -0.4 is 20.9 Å². The van der Waals surface area contributed by atoms with Gasteiger partial charge in [-0.1, -0.05) is 6.07 Å². The molecule has 3 unspecified atom stereocenters. The molecule has 138 valence electrons. The number of pyridine rings is 1. The molecule has 0 radical (unpaired) electrons. The molecule has 0 bridgehead atoms. The van der Waals surface area contributed by atoms with Crippen molar-refractivity contribution < 1.29 is 14.6 Å². The molecule has 1 amide bonds. The fourth-order valence-electron chi connectivity index (χ4n) is 3.78. The van der Waals surface area contributed by atoms with Gasteiger partial charge in [0.1, 0.15) is 0 Å². The molecule has 2 heterocycles. The lowest BCUT2D eigenvalue weighted by atomic mass is 9.75. The molecule has 2 aliphatic rings. The van der Waals surface area contributed by atoms with Gasteiger partial charge in [-0.25, -0.2) is 4.98 Å². The molecule has 7 nitrogen and oxygen atoms in total. The fourth-order valence-corrected chi connectivity index (χ4v) is 3.78. The van der Waals surface area contributed by atoms with E-state index >= 15 is 0 Å². The predicted octanol–water partition coefficient (Wildman–Crippen LogP) is 0.910. The molecule has 0 spiro atoms. The zero-order chi connectivity index (χ0) is 18.0. The van der Waals surface area contributed by atoms with Crippen molar-refractivity contribution in [2.24, 2.45) is 11.8 Å². The lowest BCUT2D eigenvalue weighted by molar-refractivity contribution is -0.124. The second kappa shape index (κ2) is 7.68. The molecule has 2 fully saturated rings. The number of carbonyl (C=O) groups is 1. The molecule has 1 aromatic rings. The van der Waals surface area contributed by atoms with Crippen molar-refractivity contribution in [1.82, 2.24) is 21.2 Å². The molecule has 4 N–H and O–H groups in total. The van der Waals surface area contributed by atoms with Crippen LogP contribution in [0.2, 0.25) is 0 Å². The van der Waals surface area contributed by atoms with E-state index in [0.29, 0.717) is 25.1 Å². The number of rotatable bonds is 6. The van der Waals surface area contributed by atoms with Gasteiger partial charge in [0.15, 0.2) is 0 Å². The summed E-state index contributed by atoms with van der Waals surface area (Å²) in [5.41, 5.74) is 7.33. The van der Waals surface area contributed by atoms with Gasteiger partial charge in [-0.15, -0.1) is 0 Å². The maximum atomic E-state index is 12.6. The molecule has 0 aromatic carbocycles. The Morgan fingerprint density at radius 1 is 1.36 bits per heavy atom. The van der Waals surface area contributed by atoms with Crippen molar-refractivity contribution in [3.05, 3.63) is 23.9 Å². The Hall–Kier alpha value is -1.70. The summed E-state index contributed by atoms with van der Waals surface area (Å²) in [7, 11) is 1.58. The molecule has 1 aliphatic heterocycles. The standard InChI is InChI=1S/C18H28N4O3/c1-10-15(11(2)22-21-10)8-16(24)20-18(13-6-14(23)7-13)12-4-5-17(25-3)19-9-12/h4-5,9-11,13-15,18,21-23H,6-8H2,1-3H3,(H,20,24). The van der Waals surface area contributed by atoms with E-state index in [1.54, 1.807) is 19.4 Å². The lowest BCUT2D eigenvalue weighted by Gasteiger charge is -2.38. The highest BCUT2D eigenvalue weighted by atomic mass is 16.5. The number of hydrazine groups is 1. The zero-order valence-electron chi connectivity index (χ0n) is 15.0. The lowest BCUT2D eigenvalue weighted by Crippen LogP contribution is -2.42. The van der Waals surface area contributed by atoms with Crippen LogP contribution in [-0.2, 0) is 4.79 Å². The zero-order valence-corrected chi connectivity index (χ0v) is 15.0. The van der Waals surface area contributed by atoms with Crippen LogP contribution >= 0.6 is 0 Å². The first-order chi connectivity index (χ1) is 12.0. The Labute approximate surface area is 148 Å². The van der Waals surface area contributed by atoms with E-state index in [9.17, 15) is 9.90 Å². The van der Waals surface area contributed by atoms with Crippen LogP contribution in [0.3, 0.4) is 0 Å². The summed E-state index contributed by atoms with van der Waals surface area (Å²) in [6.07, 6.45) is 3.36.